The van der Waals surface area contributed by atoms with E-state index < -0.39 is 0 Å². The fraction of sp³-hybridized carbons (Fsp3) is 0.286. The maximum atomic E-state index is 11.6. The lowest BCUT2D eigenvalue weighted by Crippen LogP contribution is -2.12. The Labute approximate surface area is 106 Å². The highest BCUT2D eigenvalue weighted by molar-refractivity contribution is 5.89. The van der Waals surface area contributed by atoms with E-state index in [1.54, 1.807) is 12.3 Å². The van der Waals surface area contributed by atoms with Gasteiger partial charge in [0.2, 0.25) is 5.91 Å². The summed E-state index contributed by atoms with van der Waals surface area (Å²) in [4.78, 5) is 11.6. The smallest absolute Gasteiger partial charge is 0.225 e. The van der Waals surface area contributed by atoms with Gasteiger partial charge >= 0.3 is 0 Å². The Morgan fingerprint density at radius 3 is 2.56 bits per heavy atom. The quantitative estimate of drug-likeness (QED) is 0.847. The molecule has 0 aliphatic carbocycles. The number of nitrogens with one attached hydrogen (secondary N) is 2. The predicted molar refractivity (Wildman–Crippen MR) is 71.4 cm³/mol. The number of benzene rings is 1. The average Bonchev–Trinajstić information content (AvgIpc) is 2.90. The van der Waals surface area contributed by atoms with Gasteiger partial charge in [0.15, 0.2) is 0 Å². The second-order valence-corrected chi connectivity index (χ2v) is 4.19. The van der Waals surface area contributed by atoms with E-state index in [1.807, 2.05) is 0 Å². The number of anilines is 1. The molecule has 0 spiro atoms. The van der Waals surface area contributed by atoms with E-state index >= 15 is 0 Å². The molecule has 1 aromatic heterocycles. The van der Waals surface area contributed by atoms with Gasteiger partial charge in [-0.3, -0.25) is 9.89 Å². The third-order valence-corrected chi connectivity index (χ3v) is 2.85. The number of aryl methyl sites for hydroxylation is 2. The van der Waals surface area contributed by atoms with E-state index in [4.69, 9.17) is 0 Å². The highest BCUT2D eigenvalue weighted by atomic mass is 16.1. The zero-order chi connectivity index (χ0) is 12.8. The first-order valence-electron chi connectivity index (χ1n) is 6.15. The summed E-state index contributed by atoms with van der Waals surface area (Å²) in [5.74, 6) is 0.639. The first kappa shape index (κ1) is 12.4. The molecule has 1 amide bonds. The van der Waals surface area contributed by atoms with Gasteiger partial charge in [0.05, 0.1) is 6.20 Å². The van der Waals surface area contributed by atoms with Crippen LogP contribution in [0.3, 0.4) is 0 Å². The van der Waals surface area contributed by atoms with E-state index in [-0.39, 0.29) is 5.91 Å². The Bertz CT molecular complexity index is 488. The second-order valence-electron chi connectivity index (χ2n) is 4.19. The molecule has 2 aromatic rings. The lowest BCUT2D eigenvalue weighted by Gasteiger charge is -2.04. The third-order valence-electron chi connectivity index (χ3n) is 2.85. The molecule has 0 bridgehead atoms. The van der Waals surface area contributed by atoms with Crippen molar-refractivity contribution in [3.05, 3.63) is 47.7 Å². The van der Waals surface area contributed by atoms with Crippen LogP contribution in [0.5, 0.6) is 0 Å². The molecule has 0 saturated carbocycles. The van der Waals surface area contributed by atoms with E-state index in [2.05, 4.69) is 46.7 Å². The van der Waals surface area contributed by atoms with Crippen molar-refractivity contribution in [1.82, 2.24) is 10.2 Å². The second kappa shape index (κ2) is 6.00. The van der Waals surface area contributed by atoms with Crippen molar-refractivity contribution in [1.29, 1.82) is 0 Å². The van der Waals surface area contributed by atoms with Crippen LogP contribution in [-0.4, -0.2) is 16.1 Å². The number of amides is 1. The van der Waals surface area contributed by atoms with Crippen molar-refractivity contribution in [2.45, 2.75) is 26.2 Å². The minimum absolute atomic E-state index is 0.00109. The molecule has 4 heteroatoms. The lowest BCUT2D eigenvalue weighted by molar-refractivity contribution is -0.116. The summed E-state index contributed by atoms with van der Waals surface area (Å²) < 4.78 is 0. The lowest BCUT2D eigenvalue weighted by atomic mass is 10.1. The van der Waals surface area contributed by atoms with Crippen molar-refractivity contribution in [2.75, 3.05) is 5.32 Å². The van der Waals surface area contributed by atoms with Gasteiger partial charge in [0.25, 0.3) is 0 Å². The van der Waals surface area contributed by atoms with Crippen LogP contribution < -0.4 is 5.32 Å². The zero-order valence-corrected chi connectivity index (χ0v) is 10.4. The van der Waals surface area contributed by atoms with Gasteiger partial charge in [0.1, 0.15) is 5.82 Å². The minimum Gasteiger partial charge on any atom is -0.311 e. The molecule has 2 rings (SSSR count). The standard InChI is InChI=1S/C14H17N3O/c1-2-11-3-5-12(6-4-11)7-8-14(18)16-13-9-10-15-17-13/h3-6,9-10H,2,7-8H2,1H3,(H2,15,16,17,18). The number of hydrogen-bond donors (Lipinski definition) is 2. The summed E-state index contributed by atoms with van der Waals surface area (Å²) in [6.07, 6.45) is 3.88. The molecular formula is C14H17N3O. The summed E-state index contributed by atoms with van der Waals surface area (Å²) in [7, 11) is 0. The molecular weight excluding hydrogens is 226 g/mol. The van der Waals surface area contributed by atoms with Crippen LogP contribution in [0.15, 0.2) is 36.5 Å². The molecule has 1 aromatic carbocycles. The summed E-state index contributed by atoms with van der Waals surface area (Å²) in [6, 6.07) is 10.1. The number of carbonyl (C=O) groups excluding carboxylic acids is 1. The van der Waals surface area contributed by atoms with Crippen LogP contribution in [0.25, 0.3) is 0 Å². The Balaban J connectivity index is 1.81. The van der Waals surface area contributed by atoms with Crippen LogP contribution in [0.4, 0.5) is 5.82 Å². The molecule has 0 radical (unpaired) electrons. The molecule has 94 valence electrons. The fourth-order valence-electron chi connectivity index (χ4n) is 1.74. The van der Waals surface area contributed by atoms with E-state index in [0.717, 1.165) is 12.8 Å². The van der Waals surface area contributed by atoms with Gasteiger partial charge < -0.3 is 5.32 Å². The Morgan fingerprint density at radius 1 is 1.22 bits per heavy atom. The van der Waals surface area contributed by atoms with E-state index in [9.17, 15) is 4.79 Å². The predicted octanol–water partition coefficient (Wildman–Crippen LogP) is 2.54. The fourth-order valence-corrected chi connectivity index (χ4v) is 1.74. The Morgan fingerprint density at radius 2 is 1.94 bits per heavy atom. The van der Waals surface area contributed by atoms with Gasteiger partial charge in [-0.05, 0) is 24.0 Å². The van der Waals surface area contributed by atoms with E-state index in [1.165, 1.54) is 11.1 Å². The molecule has 0 aliphatic rings. The first-order valence-corrected chi connectivity index (χ1v) is 6.15. The number of rotatable bonds is 5. The Kier molecular flexibility index (Phi) is 4.12. The summed E-state index contributed by atoms with van der Waals surface area (Å²) >= 11 is 0. The largest absolute Gasteiger partial charge is 0.311 e. The van der Waals surface area contributed by atoms with Crippen molar-refractivity contribution in [3.8, 4) is 0 Å². The number of aromatic nitrogens is 2. The van der Waals surface area contributed by atoms with Gasteiger partial charge in [-0.2, -0.15) is 5.10 Å². The summed E-state index contributed by atoms with van der Waals surface area (Å²) in [5, 5.41) is 9.23. The molecule has 0 fully saturated rings. The van der Waals surface area contributed by atoms with Crippen molar-refractivity contribution in [3.63, 3.8) is 0 Å². The van der Waals surface area contributed by atoms with Crippen LogP contribution >= 0.6 is 0 Å². The molecule has 0 atom stereocenters. The molecule has 2 N–H and O–H groups in total. The van der Waals surface area contributed by atoms with Gasteiger partial charge in [-0.1, -0.05) is 31.2 Å². The molecule has 0 aliphatic heterocycles. The van der Waals surface area contributed by atoms with Crippen LogP contribution in [-0.2, 0) is 17.6 Å². The van der Waals surface area contributed by atoms with Crippen LogP contribution in [0.2, 0.25) is 0 Å². The normalized spacial score (nSPS) is 10.3. The molecule has 1 heterocycles. The highest BCUT2D eigenvalue weighted by Crippen LogP contribution is 2.08. The van der Waals surface area contributed by atoms with Crippen molar-refractivity contribution >= 4 is 11.7 Å². The Hall–Kier alpha value is -2.10. The number of hydrogen-bond acceptors (Lipinski definition) is 2. The molecule has 18 heavy (non-hydrogen) atoms. The maximum absolute atomic E-state index is 11.6. The molecule has 4 nitrogen and oxygen atoms in total. The minimum atomic E-state index is -0.00109. The van der Waals surface area contributed by atoms with Crippen molar-refractivity contribution < 1.29 is 4.79 Å². The molecule has 0 unspecified atom stereocenters. The van der Waals surface area contributed by atoms with Crippen LogP contribution in [0.1, 0.15) is 24.5 Å². The third kappa shape index (κ3) is 3.45. The number of H-pyrrole nitrogens is 1. The highest BCUT2D eigenvalue weighted by Gasteiger charge is 2.03. The van der Waals surface area contributed by atoms with Gasteiger partial charge in [-0.25, -0.2) is 0 Å². The van der Waals surface area contributed by atoms with E-state index in [0.29, 0.717) is 12.2 Å². The van der Waals surface area contributed by atoms with Gasteiger partial charge in [0, 0.05) is 12.5 Å². The maximum Gasteiger partial charge on any atom is 0.225 e. The van der Waals surface area contributed by atoms with Crippen LogP contribution in [0, 0.1) is 0 Å². The SMILES string of the molecule is CCc1ccc(CCC(=O)Nc2ccn[nH]2)cc1. The van der Waals surface area contributed by atoms with Crippen molar-refractivity contribution in [2.24, 2.45) is 0 Å². The number of aromatic amines is 1. The summed E-state index contributed by atoms with van der Waals surface area (Å²) in [5.41, 5.74) is 2.51. The first-order chi connectivity index (χ1) is 8.78. The molecule has 0 saturated heterocycles. The summed E-state index contributed by atoms with van der Waals surface area (Å²) in [6.45, 7) is 2.13. The monoisotopic (exact) mass is 243 g/mol. The number of carbonyl (C=O) groups is 1. The zero-order valence-electron chi connectivity index (χ0n) is 10.4. The van der Waals surface area contributed by atoms with Gasteiger partial charge in [-0.15, -0.1) is 0 Å². The topological polar surface area (TPSA) is 57.8 Å². The average molecular weight is 243 g/mol. The number of nitrogens with zero attached hydrogens (tertiary/aromatic N) is 1.